The van der Waals surface area contributed by atoms with E-state index in [0.29, 0.717) is 12.8 Å². The minimum atomic E-state index is -4.38. The number of ether oxygens (including phenoxy) is 2. The molecule has 0 amide bonds. The summed E-state index contributed by atoms with van der Waals surface area (Å²) in [6.07, 6.45) is 44.2. The average molecular weight is 768 g/mol. The van der Waals surface area contributed by atoms with Crippen LogP contribution in [0.3, 0.4) is 0 Å². The van der Waals surface area contributed by atoms with Crippen molar-refractivity contribution in [3.05, 3.63) is 48.6 Å². The van der Waals surface area contributed by atoms with Crippen molar-refractivity contribution >= 4 is 19.8 Å². The molecule has 0 aromatic rings. The maximum atomic E-state index is 12.6. The Morgan fingerprint density at radius 3 is 1.55 bits per heavy atom. The second-order valence-corrected chi connectivity index (χ2v) is 15.3. The van der Waals surface area contributed by atoms with E-state index in [0.717, 1.165) is 57.8 Å². The number of hydrogen-bond acceptors (Lipinski definition) is 8. The van der Waals surface area contributed by atoms with Crippen LogP contribution in [0.2, 0.25) is 0 Å². The molecular weight excluding hydrogens is 689 g/mol. The van der Waals surface area contributed by atoms with Gasteiger partial charge < -0.3 is 20.1 Å². The first-order chi connectivity index (χ1) is 25.8. The number of esters is 2. The van der Waals surface area contributed by atoms with E-state index in [9.17, 15) is 19.0 Å². The maximum Gasteiger partial charge on any atom is 0.472 e. The molecule has 2 atom stereocenters. The molecule has 0 rings (SSSR count). The third-order valence-corrected chi connectivity index (χ3v) is 9.67. The van der Waals surface area contributed by atoms with Crippen LogP contribution in [0.5, 0.6) is 0 Å². The number of phosphoric acid groups is 1. The number of carbonyl (C=O) groups excluding carboxylic acids is 2. The lowest BCUT2D eigenvalue weighted by molar-refractivity contribution is -0.161. The summed E-state index contributed by atoms with van der Waals surface area (Å²) in [6.45, 7) is 3.64. The number of phosphoric ester groups is 1. The SMILES string of the molecule is CCCCCC=CCC=CCC=CCCCCC(=O)OCC(COP(=O)(O)OCCN)OC(=O)CCCCCCCCCC=CCCCCCCCC. The fourth-order valence-corrected chi connectivity index (χ4v) is 6.28. The van der Waals surface area contributed by atoms with Crippen molar-refractivity contribution in [2.75, 3.05) is 26.4 Å². The number of unbranched alkanes of at least 4 members (excludes halogenated alkanes) is 18. The van der Waals surface area contributed by atoms with Crippen LogP contribution in [0.25, 0.3) is 0 Å². The van der Waals surface area contributed by atoms with Gasteiger partial charge in [-0.15, -0.1) is 0 Å². The summed E-state index contributed by atoms with van der Waals surface area (Å²) in [4.78, 5) is 34.8. The average Bonchev–Trinajstić information content (AvgIpc) is 3.14. The van der Waals surface area contributed by atoms with Crippen LogP contribution in [0.15, 0.2) is 48.6 Å². The zero-order valence-corrected chi connectivity index (χ0v) is 34.6. The highest BCUT2D eigenvalue weighted by atomic mass is 31.2. The molecule has 9 nitrogen and oxygen atoms in total. The number of hydrogen-bond donors (Lipinski definition) is 2. The van der Waals surface area contributed by atoms with Gasteiger partial charge in [-0.2, -0.15) is 0 Å². The molecule has 53 heavy (non-hydrogen) atoms. The van der Waals surface area contributed by atoms with Gasteiger partial charge in [0.25, 0.3) is 0 Å². The molecule has 3 N–H and O–H groups in total. The van der Waals surface area contributed by atoms with Gasteiger partial charge >= 0.3 is 19.8 Å². The van der Waals surface area contributed by atoms with Crippen molar-refractivity contribution in [1.82, 2.24) is 0 Å². The van der Waals surface area contributed by atoms with E-state index in [-0.39, 0.29) is 32.6 Å². The standard InChI is InChI=1S/C43H78NO8P/c1-3-5-7-9-11-13-15-17-19-20-22-24-26-28-30-32-34-36-43(46)52-41(40-51-53(47,48)50-38-37-44)39-49-42(45)35-33-31-29-27-25-23-21-18-16-14-12-10-8-6-4-2/h12,14,17-19,21,25,27,41H,3-11,13,15-16,20,22-24,26,28-40,44H2,1-2H3,(H,47,48). The lowest BCUT2D eigenvalue weighted by Crippen LogP contribution is -2.29. The Morgan fingerprint density at radius 1 is 0.566 bits per heavy atom. The lowest BCUT2D eigenvalue weighted by Gasteiger charge is -2.19. The fourth-order valence-electron chi connectivity index (χ4n) is 5.52. The number of rotatable bonds is 39. The molecule has 0 aliphatic heterocycles. The van der Waals surface area contributed by atoms with E-state index in [4.69, 9.17) is 24.3 Å². The zero-order valence-electron chi connectivity index (χ0n) is 33.7. The summed E-state index contributed by atoms with van der Waals surface area (Å²) >= 11 is 0. The van der Waals surface area contributed by atoms with Crippen molar-refractivity contribution in [2.45, 2.75) is 187 Å². The molecule has 308 valence electrons. The summed E-state index contributed by atoms with van der Waals surface area (Å²) in [5.74, 6) is -0.880. The molecule has 0 radical (unpaired) electrons. The van der Waals surface area contributed by atoms with Crippen molar-refractivity contribution in [3.63, 3.8) is 0 Å². The topological polar surface area (TPSA) is 134 Å². The molecule has 0 saturated carbocycles. The molecule has 0 spiro atoms. The van der Waals surface area contributed by atoms with Crippen molar-refractivity contribution in [3.8, 4) is 0 Å². The number of nitrogens with two attached hydrogens (primary N) is 1. The van der Waals surface area contributed by atoms with Gasteiger partial charge in [-0.05, 0) is 77.0 Å². The first-order valence-corrected chi connectivity index (χ1v) is 22.6. The van der Waals surface area contributed by atoms with Gasteiger partial charge in [0.1, 0.15) is 6.61 Å². The van der Waals surface area contributed by atoms with Crippen LogP contribution in [-0.2, 0) is 32.7 Å². The van der Waals surface area contributed by atoms with E-state index in [1.165, 1.54) is 83.5 Å². The molecule has 0 aliphatic rings. The summed E-state index contributed by atoms with van der Waals surface area (Å²) < 4.78 is 32.7. The van der Waals surface area contributed by atoms with Crippen LogP contribution in [0, 0.1) is 0 Å². The van der Waals surface area contributed by atoms with Gasteiger partial charge in [-0.25, -0.2) is 4.57 Å². The van der Waals surface area contributed by atoms with Gasteiger partial charge in [0, 0.05) is 19.4 Å². The van der Waals surface area contributed by atoms with Crippen LogP contribution < -0.4 is 5.73 Å². The summed E-state index contributed by atoms with van der Waals surface area (Å²) in [5.41, 5.74) is 5.34. The van der Waals surface area contributed by atoms with Crippen LogP contribution in [0.1, 0.15) is 181 Å². The van der Waals surface area contributed by atoms with Gasteiger partial charge in [-0.3, -0.25) is 18.6 Å². The Kier molecular flexibility index (Phi) is 38.1. The smallest absolute Gasteiger partial charge is 0.462 e. The van der Waals surface area contributed by atoms with E-state index in [2.05, 4.69) is 62.5 Å². The minimum absolute atomic E-state index is 0.0462. The van der Waals surface area contributed by atoms with E-state index >= 15 is 0 Å². The van der Waals surface area contributed by atoms with Gasteiger partial charge in [0.15, 0.2) is 6.10 Å². The van der Waals surface area contributed by atoms with Crippen LogP contribution in [0.4, 0.5) is 0 Å². The molecule has 0 fully saturated rings. The van der Waals surface area contributed by atoms with Crippen molar-refractivity contribution in [1.29, 1.82) is 0 Å². The monoisotopic (exact) mass is 768 g/mol. The Balaban J connectivity index is 4.24. The first-order valence-electron chi connectivity index (χ1n) is 21.1. The third-order valence-electron chi connectivity index (χ3n) is 8.69. The molecule has 0 aromatic carbocycles. The van der Waals surface area contributed by atoms with E-state index in [1.807, 2.05) is 0 Å². The largest absolute Gasteiger partial charge is 0.472 e. The molecule has 2 unspecified atom stereocenters. The Bertz CT molecular complexity index is 1010. The highest BCUT2D eigenvalue weighted by molar-refractivity contribution is 7.47. The highest BCUT2D eigenvalue weighted by Crippen LogP contribution is 2.43. The lowest BCUT2D eigenvalue weighted by atomic mass is 10.1. The van der Waals surface area contributed by atoms with Crippen LogP contribution >= 0.6 is 7.82 Å². The number of carbonyl (C=O) groups is 2. The van der Waals surface area contributed by atoms with E-state index < -0.39 is 32.5 Å². The molecule has 0 aromatic heterocycles. The van der Waals surface area contributed by atoms with Crippen molar-refractivity contribution < 1.29 is 37.6 Å². The second-order valence-electron chi connectivity index (χ2n) is 13.8. The molecule has 0 aliphatic carbocycles. The van der Waals surface area contributed by atoms with Crippen molar-refractivity contribution in [2.24, 2.45) is 5.73 Å². The molecular formula is C43H78NO8P. The van der Waals surface area contributed by atoms with Gasteiger partial charge in [0.2, 0.25) is 0 Å². The van der Waals surface area contributed by atoms with Gasteiger partial charge in [0.05, 0.1) is 13.2 Å². The summed E-state index contributed by atoms with van der Waals surface area (Å²) in [7, 11) is -4.38. The molecule has 0 heterocycles. The number of allylic oxidation sites excluding steroid dienone is 8. The molecule has 10 heteroatoms. The fraction of sp³-hybridized carbons (Fsp3) is 0.767. The predicted octanol–water partition coefficient (Wildman–Crippen LogP) is 11.9. The Hall–Kier alpha value is -2.03. The first kappa shape index (κ1) is 51.0. The normalized spacial score (nSPS) is 13.8. The Labute approximate surface area is 324 Å². The minimum Gasteiger partial charge on any atom is -0.462 e. The quantitative estimate of drug-likeness (QED) is 0.0271. The summed E-state index contributed by atoms with van der Waals surface area (Å²) in [6, 6.07) is 0. The summed E-state index contributed by atoms with van der Waals surface area (Å²) in [5, 5.41) is 0. The predicted molar refractivity (Wildman–Crippen MR) is 220 cm³/mol. The zero-order chi connectivity index (χ0) is 38.9. The Morgan fingerprint density at radius 2 is 0.981 bits per heavy atom. The highest BCUT2D eigenvalue weighted by Gasteiger charge is 2.25. The molecule has 0 saturated heterocycles. The van der Waals surface area contributed by atoms with E-state index in [1.54, 1.807) is 0 Å². The van der Waals surface area contributed by atoms with Gasteiger partial charge in [-0.1, -0.05) is 140 Å². The molecule has 0 bridgehead atoms. The third kappa shape index (κ3) is 39.5. The van der Waals surface area contributed by atoms with Crippen LogP contribution in [-0.4, -0.2) is 49.3 Å². The second kappa shape index (κ2) is 39.7. The maximum absolute atomic E-state index is 12.6.